The van der Waals surface area contributed by atoms with E-state index in [1.165, 1.54) is 0 Å². The van der Waals surface area contributed by atoms with Gasteiger partial charge in [-0.2, -0.15) is 0 Å². The molecule has 0 saturated carbocycles. The van der Waals surface area contributed by atoms with Gasteiger partial charge in [0.2, 0.25) is 0 Å². The maximum absolute atomic E-state index is 11.5. The van der Waals surface area contributed by atoms with Gasteiger partial charge in [0.15, 0.2) is 0 Å². The summed E-state index contributed by atoms with van der Waals surface area (Å²) in [6.07, 6.45) is 8.24. The fourth-order valence-corrected chi connectivity index (χ4v) is 2.14. The molecule has 0 aliphatic heterocycles. The highest BCUT2D eigenvalue weighted by Gasteiger charge is 1.99. The highest BCUT2D eigenvalue weighted by Crippen LogP contribution is 1.98. The summed E-state index contributed by atoms with van der Waals surface area (Å²) in [6, 6.07) is -0.256. The maximum Gasteiger partial charge on any atom is 0.314 e. The topological polar surface area (TPSA) is 134 Å². The van der Waals surface area contributed by atoms with Crippen molar-refractivity contribution in [3.05, 3.63) is 0 Å². The number of nitrogens with two attached hydrogens (primary N) is 2. The van der Waals surface area contributed by atoms with E-state index in [0.29, 0.717) is 32.7 Å². The van der Waals surface area contributed by atoms with E-state index in [1.54, 1.807) is 0 Å². The fraction of sp³-hybridized carbons (Fsp3) is 0.875. The minimum absolute atomic E-state index is 0.0907. The molecular formula is C16H36N6O2. The Bertz CT molecular complexity index is 315. The van der Waals surface area contributed by atoms with Gasteiger partial charge in [0.25, 0.3) is 0 Å². The molecule has 0 aliphatic rings. The third kappa shape index (κ3) is 16.8. The number of rotatable bonds is 15. The molecule has 0 aromatic rings. The molecule has 24 heavy (non-hydrogen) atoms. The quantitative estimate of drug-likeness (QED) is 0.243. The van der Waals surface area contributed by atoms with Gasteiger partial charge in [0, 0.05) is 32.7 Å². The second kappa shape index (κ2) is 17.8. The van der Waals surface area contributed by atoms with Crippen molar-refractivity contribution in [2.75, 3.05) is 39.3 Å². The number of urea groups is 2. The average molecular weight is 345 g/mol. The lowest BCUT2D eigenvalue weighted by Gasteiger charge is -2.08. The van der Waals surface area contributed by atoms with Gasteiger partial charge in [-0.15, -0.1) is 0 Å². The van der Waals surface area contributed by atoms with E-state index >= 15 is 0 Å². The first kappa shape index (κ1) is 22.5. The number of carbonyl (C=O) groups excluding carboxylic acids is 2. The van der Waals surface area contributed by atoms with E-state index in [4.69, 9.17) is 11.5 Å². The van der Waals surface area contributed by atoms with Crippen LogP contribution in [0.5, 0.6) is 0 Å². The summed E-state index contributed by atoms with van der Waals surface area (Å²) in [6.45, 7) is 3.74. The molecule has 0 spiro atoms. The molecule has 0 atom stereocenters. The van der Waals surface area contributed by atoms with E-state index in [0.717, 1.165) is 57.9 Å². The molecule has 8 N–H and O–H groups in total. The monoisotopic (exact) mass is 344 g/mol. The molecule has 142 valence electrons. The first-order valence-corrected chi connectivity index (χ1v) is 9.14. The normalized spacial score (nSPS) is 10.2. The van der Waals surface area contributed by atoms with Crippen molar-refractivity contribution in [3.63, 3.8) is 0 Å². The Balaban J connectivity index is 3.23. The van der Waals surface area contributed by atoms with Gasteiger partial charge >= 0.3 is 12.1 Å². The van der Waals surface area contributed by atoms with E-state index in [9.17, 15) is 9.59 Å². The Labute approximate surface area is 145 Å². The second-order valence-corrected chi connectivity index (χ2v) is 5.77. The third-order valence-electron chi connectivity index (χ3n) is 3.52. The predicted molar refractivity (Wildman–Crippen MR) is 97.8 cm³/mol. The molecule has 0 bridgehead atoms. The van der Waals surface area contributed by atoms with Crippen LogP contribution in [0.15, 0.2) is 0 Å². The van der Waals surface area contributed by atoms with Crippen LogP contribution in [0.3, 0.4) is 0 Å². The van der Waals surface area contributed by atoms with Gasteiger partial charge in [-0.1, -0.05) is 25.7 Å². The van der Waals surface area contributed by atoms with Crippen molar-refractivity contribution in [3.8, 4) is 0 Å². The maximum atomic E-state index is 11.5. The van der Waals surface area contributed by atoms with Crippen molar-refractivity contribution < 1.29 is 9.59 Å². The van der Waals surface area contributed by atoms with E-state index < -0.39 is 0 Å². The zero-order valence-electron chi connectivity index (χ0n) is 14.9. The zero-order valence-corrected chi connectivity index (χ0v) is 14.9. The zero-order chi connectivity index (χ0) is 17.9. The number of carbonyl (C=O) groups is 2. The summed E-state index contributed by atoms with van der Waals surface area (Å²) < 4.78 is 0. The van der Waals surface area contributed by atoms with Gasteiger partial charge < -0.3 is 32.7 Å². The van der Waals surface area contributed by atoms with Gasteiger partial charge in [0.1, 0.15) is 0 Å². The minimum atomic E-state index is -0.165. The molecule has 0 aliphatic carbocycles. The van der Waals surface area contributed by atoms with E-state index in [-0.39, 0.29) is 12.1 Å². The van der Waals surface area contributed by atoms with Gasteiger partial charge in [0.05, 0.1) is 0 Å². The van der Waals surface area contributed by atoms with Crippen molar-refractivity contribution in [1.29, 1.82) is 0 Å². The summed E-state index contributed by atoms with van der Waals surface area (Å²) in [5, 5.41) is 11.1. The summed E-state index contributed by atoms with van der Waals surface area (Å²) in [7, 11) is 0. The lowest BCUT2D eigenvalue weighted by Crippen LogP contribution is -2.38. The van der Waals surface area contributed by atoms with Crippen LogP contribution in [0.2, 0.25) is 0 Å². The molecule has 0 radical (unpaired) electrons. The van der Waals surface area contributed by atoms with Crippen LogP contribution < -0.4 is 32.7 Å². The molecule has 0 saturated heterocycles. The molecule has 0 fully saturated rings. The Morgan fingerprint density at radius 1 is 0.500 bits per heavy atom. The van der Waals surface area contributed by atoms with Crippen LogP contribution in [-0.2, 0) is 0 Å². The smallest absolute Gasteiger partial charge is 0.314 e. The van der Waals surface area contributed by atoms with Crippen LogP contribution >= 0.6 is 0 Å². The van der Waals surface area contributed by atoms with Crippen molar-refractivity contribution in [2.45, 2.75) is 51.4 Å². The third-order valence-corrected chi connectivity index (χ3v) is 3.52. The number of unbranched alkanes of at least 4 members (excludes halogenated alkanes) is 6. The van der Waals surface area contributed by atoms with Crippen LogP contribution in [0.1, 0.15) is 51.4 Å². The Hall–Kier alpha value is -1.54. The van der Waals surface area contributed by atoms with Crippen molar-refractivity contribution >= 4 is 12.1 Å². The number of hydrogen-bond acceptors (Lipinski definition) is 4. The Morgan fingerprint density at radius 2 is 0.875 bits per heavy atom. The Morgan fingerprint density at radius 3 is 1.25 bits per heavy atom. The average Bonchev–Trinajstić information content (AvgIpc) is 2.58. The standard InChI is InChI=1S/C16H36N6O2/c17-9-5-1-2-6-11-19-15(23)20-12-7-3-4-8-13-21-16(24)22-14-10-18/h1-14,17-18H2,(H2,19,20,23)(H2,21,22,24). The summed E-state index contributed by atoms with van der Waals surface area (Å²) in [4.78, 5) is 22.8. The lowest BCUT2D eigenvalue weighted by atomic mass is 10.2. The van der Waals surface area contributed by atoms with Crippen molar-refractivity contribution in [1.82, 2.24) is 21.3 Å². The van der Waals surface area contributed by atoms with Crippen LogP contribution in [-0.4, -0.2) is 51.3 Å². The molecule has 8 heteroatoms. The summed E-state index contributed by atoms with van der Waals surface area (Å²) in [5.41, 5.74) is 10.7. The number of nitrogens with one attached hydrogen (secondary N) is 4. The fourth-order valence-electron chi connectivity index (χ4n) is 2.14. The van der Waals surface area contributed by atoms with E-state index in [1.807, 2.05) is 0 Å². The summed E-state index contributed by atoms with van der Waals surface area (Å²) in [5.74, 6) is 0. The highest BCUT2D eigenvalue weighted by atomic mass is 16.2. The van der Waals surface area contributed by atoms with Gasteiger partial charge in [-0.05, 0) is 32.2 Å². The van der Waals surface area contributed by atoms with Gasteiger partial charge in [-0.3, -0.25) is 0 Å². The number of amides is 4. The molecule has 0 unspecified atom stereocenters. The van der Waals surface area contributed by atoms with Crippen LogP contribution in [0.4, 0.5) is 9.59 Å². The molecular weight excluding hydrogens is 308 g/mol. The molecule has 8 nitrogen and oxygen atoms in total. The van der Waals surface area contributed by atoms with Crippen LogP contribution in [0.25, 0.3) is 0 Å². The molecule has 0 heterocycles. The summed E-state index contributed by atoms with van der Waals surface area (Å²) >= 11 is 0. The number of hydrogen-bond donors (Lipinski definition) is 6. The Kier molecular flexibility index (Phi) is 16.7. The van der Waals surface area contributed by atoms with E-state index in [2.05, 4.69) is 21.3 Å². The predicted octanol–water partition coefficient (Wildman–Crippen LogP) is 0.623. The largest absolute Gasteiger partial charge is 0.338 e. The SMILES string of the molecule is NCCCCCCNC(=O)NCCCCCCNC(=O)NCCN. The molecule has 0 aromatic carbocycles. The molecule has 0 aromatic heterocycles. The van der Waals surface area contributed by atoms with Crippen LogP contribution in [0, 0.1) is 0 Å². The highest BCUT2D eigenvalue weighted by molar-refractivity contribution is 5.74. The first-order chi connectivity index (χ1) is 11.7. The molecule has 4 amide bonds. The van der Waals surface area contributed by atoms with Gasteiger partial charge in [-0.25, -0.2) is 9.59 Å². The minimum Gasteiger partial charge on any atom is -0.338 e. The second-order valence-electron chi connectivity index (χ2n) is 5.77. The first-order valence-electron chi connectivity index (χ1n) is 9.14. The lowest BCUT2D eigenvalue weighted by molar-refractivity contribution is 0.239. The van der Waals surface area contributed by atoms with Crippen molar-refractivity contribution in [2.24, 2.45) is 11.5 Å². The molecule has 0 rings (SSSR count).